The highest BCUT2D eigenvalue weighted by Crippen LogP contribution is 2.13. The summed E-state index contributed by atoms with van der Waals surface area (Å²) in [5.74, 6) is -3.90. The smallest absolute Gasteiger partial charge is 0.346 e. The molecule has 114 valence electrons. The second-order valence-corrected chi connectivity index (χ2v) is 4.46. The summed E-state index contributed by atoms with van der Waals surface area (Å²) in [6.07, 6.45) is 0. The molecule has 0 aliphatic heterocycles. The first kappa shape index (κ1) is 17.0. The predicted molar refractivity (Wildman–Crippen MR) is 76.9 cm³/mol. The van der Waals surface area contributed by atoms with Gasteiger partial charge in [0.15, 0.2) is 0 Å². The Morgan fingerprint density at radius 1 is 0.773 bits per heavy atom. The molecule has 0 aliphatic carbocycles. The van der Waals surface area contributed by atoms with E-state index in [0.29, 0.717) is 0 Å². The quantitative estimate of drug-likeness (QED) is 0.481. The molecule has 0 saturated carbocycles. The van der Waals surface area contributed by atoms with Crippen LogP contribution in [0.1, 0.15) is 34.6 Å². The molecular formula is C16H14O6. The van der Waals surface area contributed by atoms with E-state index in [1.165, 1.54) is 38.1 Å². The van der Waals surface area contributed by atoms with Crippen molar-refractivity contribution in [3.8, 4) is 0 Å². The summed E-state index contributed by atoms with van der Waals surface area (Å²) in [7, 11) is 0. The van der Waals surface area contributed by atoms with Crippen LogP contribution in [0, 0.1) is 0 Å². The van der Waals surface area contributed by atoms with Crippen LogP contribution in [0.15, 0.2) is 48.6 Å². The van der Waals surface area contributed by atoms with E-state index >= 15 is 0 Å². The lowest BCUT2D eigenvalue weighted by atomic mass is 10.1. The number of carbonyl (C=O) groups is 4. The molecule has 6 heteroatoms. The topological polar surface area (TPSA) is 86.7 Å². The zero-order chi connectivity index (χ0) is 16.9. The fourth-order valence-electron chi connectivity index (χ4n) is 1.29. The van der Waals surface area contributed by atoms with Crippen LogP contribution in [-0.4, -0.2) is 23.9 Å². The first-order valence-electron chi connectivity index (χ1n) is 6.17. The monoisotopic (exact) mass is 302 g/mol. The number of benzene rings is 1. The van der Waals surface area contributed by atoms with Crippen LogP contribution in [0.4, 0.5) is 0 Å². The Labute approximate surface area is 127 Å². The zero-order valence-electron chi connectivity index (χ0n) is 12.2. The Hall–Kier alpha value is -3.02. The molecular weight excluding hydrogens is 288 g/mol. The lowest BCUT2D eigenvalue weighted by Gasteiger charge is -2.08. The van der Waals surface area contributed by atoms with E-state index in [9.17, 15) is 19.2 Å². The van der Waals surface area contributed by atoms with E-state index in [0.717, 1.165) is 0 Å². The molecule has 0 saturated heterocycles. The van der Waals surface area contributed by atoms with Crippen molar-refractivity contribution in [1.82, 2.24) is 0 Å². The lowest BCUT2D eigenvalue weighted by Crippen LogP contribution is -2.19. The number of carbonyl (C=O) groups excluding carboxylic acids is 4. The molecule has 0 spiro atoms. The molecule has 0 unspecified atom stereocenters. The molecule has 0 aromatic heterocycles. The zero-order valence-corrected chi connectivity index (χ0v) is 12.2. The maximum absolute atomic E-state index is 11.9. The van der Waals surface area contributed by atoms with Gasteiger partial charge in [0.25, 0.3) is 0 Å². The van der Waals surface area contributed by atoms with Gasteiger partial charge in [-0.25, -0.2) is 19.2 Å². The third-order valence-electron chi connectivity index (χ3n) is 2.43. The summed E-state index contributed by atoms with van der Waals surface area (Å²) in [4.78, 5) is 46.5. The van der Waals surface area contributed by atoms with Crippen LogP contribution >= 0.6 is 0 Å². The van der Waals surface area contributed by atoms with Gasteiger partial charge in [0.1, 0.15) is 0 Å². The van der Waals surface area contributed by atoms with E-state index in [-0.39, 0.29) is 22.3 Å². The first-order valence-corrected chi connectivity index (χ1v) is 6.17. The van der Waals surface area contributed by atoms with Crippen molar-refractivity contribution >= 4 is 23.9 Å². The summed E-state index contributed by atoms with van der Waals surface area (Å²) in [5, 5.41) is 0. The molecule has 0 radical (unpaired) electrons. The average molecular weight is 302 g/mol. The molecule has 0 atom stereocenters. The second-order valence-electron chi connectivity index (χ2n) is 4.46. The molecule has 0 amide bonds. The third kappa shape index (κ3) is 4.24. The lowest BCUT2D eigenvalue weighted by molar-refractivity contribution is -0.134. The van der Waals surface area contributed by atoms with Gasteiger partial charge in [0.05, 0.1) is 11.1 Å². The van der Waals surface area contributed by atoms with Gasteiger partial charge in [0, 0.05) is 11.1 Å². The van der Waals surface area contributed by atoms with Crippen molar-refractivity contribution in [3.05, 3.63) is 59.7 Å². The van der Waals surface area contributed by atoms with Gasteiger partial charge < -0.3 is 9.47 Å². The Kier molecular flexibility index (Phi) is 5.51. The normalized spacial score (nSPS) is 9.55. The highest BCUT2D eigenvalue weighted by Gasteiger charge is 2.23. The SMILES string of the molecule is C=C(C)C(=O)OC(=O)c1ccccc1C(=O)OC(=O)C(=C)C. The van der Waals surface area contributed by atoms with Gasteiger partial charge in [-0.3, -0.25) is 0 Å². The van der Waals surface area contributed by atoms with Crippen LogP contribution in [0.5, 0.6) is 0 Å². The molecule has 0 heterocycles. The van der Waals surface area contributed by atoms with E-state index in [2.05, 4.69) is 22.6 Å². The molecule has 1 aromatic rings. The van der Waals surface area contributed by atoms with E-state index in [1.807, 2.05) is 0 Å². The van der Waals surface area contributed by atoms with Gasteiger partial charge >= 0.3 is 23.9 Å². The van der Waals surface area contributed by atoms with E-state index in [1.54, 1.807) is 0 Å². The molecule has 1 rings (SSSR count). The summed E-state index contributed by atoms with van der Waals surface area (Å²) in [5.41, 5.74) is -0.329. The summed E-state index contributed by atoms with van der Waals surface area (Å²) in [6, 6.07) is 5.49. The fraction of sp³-hybridized carbons (Fsp3) is 0.125. The van der Waals surface area contributed by atoms with Gasteiger partial charge in [-0.1, -0.05) is 25.3 Å². The van der Waals surface area contributed by atoms with Crippen molar-refractivity contribution in [3.63, 3.8) is 0 Å². The van der Waals surface area contributed by atoms with Crippen molar-refractivity contribution in [1.29, 1.82) is 0 Å². The van der Waals surface area contributed by atoms with Crippen molar-refractivity contribution in [2.45, 2.75) is 13.8 Å². The van der Waals surface area contributed by atoms with Crippen molar-refractivity contribution in [2.75, 3.05) is 0 Å². The summed E-state index contributed by atoms with van der Waals surface area (Å²) < 4.78 is 9.11. The maximum Gasteiger partial charge on any atom is 0.346 e. The number of rotatable bonds is 4. The summed E-state index contributed by atoms with van der Waals surface area (Å²) in [6.45, 7) is 9.44. The van der Waals surface area contributed by atoms with Crippen molar-refractivity contribution < 1.29 is 28.7 Å². The average Bonchev–Trinajstić information content (AvgIpc) is 2.46. The molecule has 6 nitrogen and oxygen atoms in total. The number of hydrogen-bond donors (Lipinski definition) is 0. The number of hydrogen-bond acceptors (Lipinski definition) is 6. The molecule has 0 aliphatic rings. The summed E-state index contributed by atoms with van der Waals surface area (Å²) >= 11 is 0. The predicted octanol–water partition coefficient (Wildman–Crippen LogP) is 2.21. The van der Waals surface area contributed by atoms with Crippen LogP contribution in [0.25, 0.3) is 0 Å². The van der Waals surface area contributed by atoms with Gasteiger partial charge in [-0.05, 0) is 26.0 Å². The molecule has 0 bridgehead atoms. The Morgan fingerprint density at radius 3 is 1.36 bits per heavy atom. The molecule has 0 fully saturated rings. The van der Waals surface area contributed by atoms with Crippen LogP contribution < -0.4 is 0 Å². The van der Waals surface area contributed by atoms with Gasteiger partial charge in [-0.15, -0.1) is 0 Å². The van der Waals surface area contributed by atoms with E-state index < -0.39 is 23.9 Å². The van der Waals surface area contributed by atoms with Gasteiger partial charge in [0.2, 0.25) is 0 Å². The van der Waals surface area contributed by atoms with E-state index in [4.69, 9.17) is 0 Å². The van der Waals surface area contributed by atoms with Crippen LogP contribution in [0.2, 0.25) is 0 Å². The minimum atomic E-state index is -1.04. The second kappa shape index (κ2) is 7.12. The molecule has 0 N–H and O–H groups in total. The molecule has 22 heavy (non-hydrogen) atoms. The fourth-order valence-corrected chi connectivity index (χ4v) is 1.29. The van der Waals surface area contributed by atoms with Crippen LogP contribution in [-0.2, 0) is 19.1 Å². The molecule has 1 aromatic carbocycles. The highest BCUT2D eigenvalue weighted by molar-refractivity contribution is 6.10. The van der Waals surface area contributed by atoms with Gasteiger partial charge in [-0.2, -0.15) is 0 Å². The third-order valence-corrected chi connectivity index (χ3v) is 2.43. The number of esters is 4. The standard InChI is InChI=1S/C16H14O6/c1-9(2)13(17)21-15(19)11-7-5-6-8-12(11)16(20)22-14(18)10(3)4/h5-8H,1,3H2,2,4H3. The minimum absolute atomic E-state index is 0.0332. The largest absolute Gasteiger partial charge is 0.386 e. The number of ether oxygens (including phenoxy) is 2. The first-order chi connectivity index (χ1) is 10.2. The Bertz CT molecular complexity index is 625. The minimum Gasteiger partial charge on any atom is -0.386 e. The highest BCUT2D eigenvalue weighted by atomic mass is 16.6. The van der Waals surface area contributed by atoms with Crippen molar-refractivity contribution in [2.24, 2.45) is 0 Å². The Balaban J connectivity index is 3.04. The van der Waals surface area contributed by atoms with Crippen LogP contribution in [0.3, 0.4) is 0 Å². The Morgan fingerprint density at radius 2 is 1.09 bits per heavy atom. The maximum atomic E-state index is 11.9.